The fraction of sp³-hybridized carbons (Fsp3) is 0.278. The molecule has 2 aromatic carbocycles. The number of ether oxygens (including phenoxy) is 2. The summed E-state index contributed by atoms with van der Waals surface area (Å²) >= 11 is 0. The molecule has 0 aliphatic carbocycles. The summed E-state index contributed by atoms with van der Waals surface area (Å²) in [7, 11) is 1.67. The van der Waals surface area contributed by atoms with Crippen LogP contribution in [0.15, 0.2) is 42.5 Å². The van der Waals surface area contributed by atoms with Crippen molar-refractivity contribution in [3.63, 3.8) is 0 Å². The van der Waals surface area contributed by atoms with Crippen molar-refractivity contribution in [3.05, 3.63) is 65.8 Å². The molecule has 1 unspecified atom stereocenters. The number of aryl methyl sites for hydroxylation is 2. The topological polar surface area (TPSA) is 18.5 Å². The predicted octanol–water partition coefficient (Wildman–Crippen LogP) is 4.65. The standard InChI is InChI=1S/C18H21O2.Y/c1-13-5-10-18(14(2)11-13)20-12-15(3)16-6-8-17(19-4)9-7-16;/h5-12,15H,1-4H3;/q-1;. The van der Waals surface area contributed by atoms with Crippen molar-refractivity contribution >= 4 is 0 Å². The van der Waals surface area contributed by atoms with Gasteiger partial charge in [0.2, 0.25) is 0 Å². The van der Waals surface area contributed by atoms with Crippen LogP contribution in [0.5, 0.6) is 11.5 Å². The van der Waals surface area contributed by atoms with Crippen LogP contribution in [-0.4, -0.2) is 7.11 Å². The van der Waals surface area contributed by atoms with E-state index in [4.69, 9.17) is 9.47 Å². The molecule has 0 spiro atoms. The molecule has 0 saturated heterocycles. The van der Waals surface area contributed by atoms with E-state index in [1.807, 2.05) is 24.8 Å². The van der Waals surface area contributed by atoms with Crippen LogP contribution in [0.25, 0.3) is 0 Å². The SMILES string of the molecule is COc1ccc(C(C)[CH-]Oc2ccc(C)cc2C)cc1.[Y]. The van der Waals surface area contributed by atoms with E-state index in [-0.39, 0.29) is 38.6 Å². The zero-order valence-corrected chi connectivity index (χ0v) is 15.9. The Balaban J connectivity index is 0.00000220. The van der Waals surface area contributed by atoms with Crippen LogP contribution < -0.4 is 9.47 Å². The Hall–Kier alpha value is -0.856. The van der Waals surface area contributed by atoms with Gasteiger partial charge in [0.1, 0.15) is 5.75 Å². The number of benzene rings is 2. The third-order valence-electron chi connectivity index (χ3n) is 3.37. The van der Waals surface area contributed by atoms with Crippen LogP contribution >= 0.6 is 0 Å². The molecule has 0 amide bonds. The minimum Gasteiger partial charge on any atom is -0.662 e. The Morgan fingerprint density at radius 2 is 1.67 bits per heavy atom. The second-order valence-corrected chi connectivity index (χ2v) is 5.08. The molecule has 0 N–H and O–H groups in total. The fourth-order valence-corrected chi connectivity index (χ4v) is 2.09. The van der Waals surface area contributed by atoms with E-state index in [1.54, 1.807) is 7.11 Å². The van der Waals surface area contributed by atoms with Crippen molar-refractivity contribution in [2.24, 2.45) is 0 Å². The molecule has 21 heavy (non-hydrogen) atoms. The smallest absolute Gasteiger partial charge is 0.118 e. The predicted molar refractivity (Wildman–Crippen MR) is 82.3 cm³/mol. The largest absolute Gasteiger partial charge is 0.662 e. The third-order valence-corrected chi connectivity index (χ3v) is 3.37. The maximum atomic E-state index is 5.81. The molecule has 2 aromatic rings. The molecule has 1 radical (unpaired) electrons. The van der Waals surface area contributed by atoms with Gasteiger partial charge in [-0.3, -0.25) is 0 Å². The van der Waals surface area contributed by atoms with E-state index >= 15 is 0 Å². The number of methoxy groups -OCH3 is 1. The summed E-state index contributed by atoms with van der Waals surface area (Å²) in [5.74, 6) is 2.01. The molecule has 0 heterocycles. The summed E-state index contributed by atoms with van der Waals surface area (Å²) in [5, 5.41) is 0. The van der Waals surface area contributed by atoms with Gasteiger partial charge in [-0.1, -0.05) is 42.3 Å². The van der Waals surface area contributed by atoms with Crippen LogP contribution in [0.4, 0.5) is 0 Å². The van der Waals surface area contributed by atoms with Crippen molar-refractivity contribution in [2.45, 2.75) is 26.7 Å². The normalized spacial score (nSPS) is 11.4. The Labute approximate surface area is 152 Å². The van der Waals surface area contributed by atoms with E-state index < -0.39 is 0 Å². The molecule has 1 atom stereocenters. The summed E-state index contributed by atoms with van der Waals surface area (Å²) in [6, 6.07) is 14.3. The van der Waals surface area contributed by atoms with Gasteiger partial charge in [0.25, 0.3) is 0 Å². The summed E-state index contributed by atoms with van der Waals surface area (Å²) < 4.78 is 11.0. The summed E-state index contributed by atoms with van der Waals surface area (Å²) in [6.07, 6.45) is 0. The monoisotopic (exact) mass is 358 g/mol. The van der Waals surface area contributed by atoms with Gasteiger partial charge in [0, 0.05) is 32.7 Å². The van der Waals surface area contributed by atoms with Gasteiger partial charge in [-0.2, -0.15) is 6.61 Å². The van der Waals surface area contributed by atoms with Gasteiger partial charge >= 0.3 is 0 Å². The molecule has 3 heteroatoms. The van der Waals surface area contributed by atoms with Crippen molar-refractivity contribution in [1.82, 2.24) is 0 Å². The quantitative estimate of drug-likeness (QED) is 0.724. The first-order chi connectivity index (χ1) is 9.60. The van der Waals surface area contributed by atoms with Gasteiger partial charge in [-0.15, -0.1) is 5.92 Å². The van der Waals surface area contributed by atoms with E-state index in [0.717, 1.165) is 17.1 Å². The molecular weight excluding hydrogens is 337 g/mol. The second-order valence-electron chi connectivity index (χ2n) is 5.08. The third kappa shape index (κ3) is 5.12. The van der Waals surface area contributed by atoms with Gasteiger partial charge in [-0.05, 0) is 37.6 Å². The summed E-state index contributed by atoms with van der Waals surface area (Å²) in [5.41, 5.74) is 3.61. The molecule has 0 fully saturated rings. The van der Waals surface area contributed by atoms with Gasteiger partial charge in [0.05, 0.1) is 12.9 Å². The average Bonchev–Trinajstić information content (AvgIpc) is 2.46. The van der Waals surface area contributed by atoms with E-state index in [0.29, 0.717) is 0 Å². The molecule has 2 nitrogen and oxygen atoms in total. The Morgan fingerprint density at radius 1 is 1.00 bits per heavy atom. The average molecular weight is 358 g/mol. The van der Waals surface area contributed by atoms with Crippen molar-refractivity contribution in [2.75, 3.05) is 7.11 Å². The summed E-state index contributed by atoms with van der Waals surface area (Å²) in [6.45, 7) is 8.14. The minimum absolute atomic E-state index is 0. The second kappa shape index (κ2) is 8.55. The van der Waals surface area contributed by atoms with E-state index in [1.165, 1.54) is 11.1 Å². The number of rotatable bonds is 5. The molecule has 0 aromatic heterocycles. The molecule has 0 aliphatic rings. The van der Waals surface area contributed by atoms with Crippen LogP contribution in [0.1, 0.15) is 29.5 Å². The number of hydrogen-bond acceptors (Lipinski definition) is 2. The van der Waals surface area contributed by atoms with Gasteiger partial charge < -0.3 is 9.47 Å². The Kier molecular flexibility index (Phi) is 7.41. The van der Waals surface area contributed by atoms with Gasteiger partial charge in [0.15, 0.2) is 0 Å². The minimum atomic E-state index is 0. The van der Waals surface area contributed by atoms with E-state index in [2.05, 4.69) is 45.0 Å². The summed E-state index contributed by atoms with van der Waals surface area (Å²) in [4.78, 5) is 0. The first kappa shape index (κ1) is 18.2. The van der Waals surface area contributed by atoms with Crippen molar-refractivity contribution in [3.8, 4) is 11.5 Å². The maximum Gasteiger partial charge on any atom is 0.118 e. The molecule has 0 saturated carbocycles. The first-order valence-corrected chi connectivity index (χ1v) is 6.81. The molecule has 0 bridgehead atoms. The zero-order valence-electron chi connectivity index (χ0n) is 13.1. The molecular formula is C18H21O2Y-. The number of hydrogen-bond donors (Lipinski definition) is 0. The Morgan fingerprint density at radius 3 is 2.24 bits per heavy atom. The molecule has 109 valence electrons. The van der Waals surface area contributed by atoms with Crippen LogP contribution in [0, 0.1) is 20.5 Å². The molecule has 2 rings (SSSR count). The molecule has 0 aliphatic heterocycles. The van der Waals surface area contributed by atoms with Crippen molar-refractivity contribution < 1.29 is 42.2 Å². The van der Waals surface area contributed by atoms with Crippen LogP contribution in [0.2, 0.25) is 0 Å². The zero-order chi connectivity index (χ0) is 14.5. The van der Waals surface area contributed by atoms with E-state index in [9.17, 15) is 0 Å². The van der Waals surface area contributed by atoms with Crippen LogP contribution in [-0.2, 0) is 32.7 Å². The van der Waals surface area contributed by atoms with Crippen molar-refractivity contribution in [1.29, 1.82) is 0 Å². The fourth-order valence-electron chi connectivity index (χ4n) is 2.09. The van der Waals surface area contributed by atoms with Crippen LogP contribution in [0.3, 0.4) is 0 Å². The Bertz CT molecular complexity index is 564. The maximum absolute atomic E-state index is 5.81. The first-order valence-electron chi connectivity index (χ1n) is 6.81. The van der Waals surface area contributed by atoms with Gasteiger partial charge in [-0.25, -0.2) is 0 Å².